The summed E-state index contributed by atoms with van der Waals surface area (Å²) in [6.07, 6.45) is 4.61. The summed E-state index contributed by atoms with van der Waals surface area (Å²) in [6, 6.07) is -3.19. The number of hydrogen-bond donors (Lipinski definition) is 11. The molecule has 3 rings (SSSR count). The van der Waals surface area contributed by atoms with E-state index in [1.54, 1.807) is 48.6 Å². The van der Waals surface area contributed by atoms with Crippen molar-refractivity contribution in [3.05, 3.63) is 53.9 Å². The molecule has 1 aliphatic rings. The van der Waals surface area contributed by atoms with Crippen molar-refractivity contribution < 1.29 is 47.9 Å². The molecule has 22 nitrogen and oxygen atoms in total. The Morgan fingerprint density at radius 3 is 2.00 bits per heavy atom. The second-order valence-electron chi connectivity index (χ2n) is 17.8. The summed E-state index contributed by atoms with van der Waals surface area (Å²) in [5, 5.41) is 28.8. The monoisotopic (exact) mass is 970 g/mol. The Balaban J connectivity index is 1.92. The fourth-order valence-corrected chi connectivity index (χ4v) is 7.76. The number of aliphatic imine (C=N–C) groups is 1. The van der Waals surface area contributed by atoms with E-state index in [9.17, 15) is 47.9 Å². The summed E-state index contributed by atoms with van der Waals surface area (Å²) in [7, 11) is 1.56. The number of H-pyrrole nitrogens is 1. The number of nitrogens with two attached hydrogens (primary N) is 2. The molecule has 1 saturated heterocycles. The van der Waals surface area contributed by atoms with Crippen LogP contribution in [0.1, 0.15) is 91.3 Å². The SMILES string of the molecule is CC[C@H](C)[C@H](NC(=O)[C@@H]1CCCN1C(=O)[C@H](Cc1cnc[nH]1)NC(=O)[C@@H](NC(=O)[C@H](Cc1ccc(F)cc1)NC(=O)[C@@H](NC(=O)[C@H](CCCN=C(N)N)NC(=O)CNC)C(C)C)[C@@H](C)CC)C(=O)O. The van der Waals surface area contributed by atoms with Gasteiger partial charge in [0, 0.05) is 37.8 Å². The van der Waals surface area contributed by atoms with E-state index in [-0.39, 0.29) is 57.2 Å². The highest BCUT2D eigenvalue weighted by atomic mass is 19.1. The number of nitrogens with zero attached hydrogens (tertiary/aromatic N) is 3. The lowest BCUT2D eigenvalue weighted by atomic mass is 9.96. The Bertz CT molecular complexity index is 2070. The first-order valence-electron chi connectivity index (χ1n) is 23.5. The van der Waals surface area contributed by atoms with Crippen LogP contribution in [0, 0.1) is 23.6 Å². The molecule has 13 N–H and O–H groups in total. The minimum absolute atomic E-state index is 0.0803. The molecule has 9 atom stereocenters. The first-order chi connectivity index (χ1) is 32.7. The van der Waals surface area contributed by atoms with Gasteiger partial charge >= 0.3 is 5.97 Å². The summed E-state index contributed by atoms with van der Waals surface area (Å²) < 4.78 is 14.0. The van der Waals surface area contributed by atoms with E-state index in [0.717, 1.165) is 0 Å². The van der Waals surface area contributed by atoms with Crippen molar-refractivity contribution in [1.82, 2.24) is 52.1 Å². The Hall–Kier alpha value is -6.65. The zero-order chi connectivity index (χ0) is 51.4. The number of likely N-dealkylation sites (N-methyl/N-ethyl adjacent to an activating group) is 1. The van der Waals surface area contributed by atoms with Crippen LogP contribution in [0.15, 0.2) is 41.8 Å². The van der Waals surface area contributed by atoms with E-state index in [4.69, 9.17) is 11.5 Å². The van der Waals surface area contributed by atoms with Crippen LogP contribution in [0.2, 0.25) is 0 Å². The molecule has 1 aliphatic heterocycles. The number of carboxylic acid groups (broad SMARTS) is 1. The molecule has 23 heteroatoms. The van der Waals surface area contributed by atoms with E-state index >= 15 is 0 Å². The topological polar surface area (TPSA) is 337 Å². The van der Waals surface area contributed by atoms with E-state index < -0.39 is 107 Å². The van der Waals surface area contributed by atoms with Crippen molar-refractivity contribution in [2.75, 3.05) is 26.7 Å². The molecular formula is C46H72FN13O9. The molecule has 1 aromatic carbocycles. The molecule has 7 amide bonds. The second-order valence-corrected chi connectivity index (χ2v) is 17.8. The van der Waals surface area contributed by atoms with E-state index in [0.29, 0.717) is 36.9 Å². The van der Waals surface area contributed by atoms with Gasteiger partial charge in [-0.2, -0.15) is 0 Å². The van der Waals surface area contributed by atoms with Gasteiger partial charge in [0.2, 0.25) is 41.4 Å². The summed E-state index contributed by atoms with van der Waals surface area (Å²) >= 11 is 0. The third kappa shape index (κ3) is 17.7. The molecule has 382 valence electrons. The lowest BCUT2D eigenvalue weighted by Gasteiger charge is -2.32. The van der Waals surface area contributed by atoms with Gasteiger partial charge < -0.3 is 63.7 Å². The van der Waals surface area contributed by atoms with Crippen LogP contribution in [0.5, 0.6) is 0 Å². The number of carboxylic acids is 1. The van der Waals surface area contributed by atoms with Crippen LogP contribution in [0.25, 0.3) is 0 Å². The van der Waals surface area contributed by atoms with Crippen LogP contribution in [0.4, 0.5) is 4.39 Å². The minimum Gasteiger partial charge on any atom is -0.480 e. The highest BCUT2D eigenvalue weighted by Gasteiger charge is 2.41. The fourth-order valence-electron chi connectivity index (χ4n) is 7.76. The predicted octanol–water partition coefficient (Wildman–Crippen LogP) is -0.660. The first kappa shape index (κ1) is 56.7. The molecule has 2 heterocycles. The van der Waals surface area contributed by atoms with Crippen molar-refractivity contribution >= 4 is 53.3 Å². The number of likely N-dealkylation sites (tertiary alicyclic amines) is 1. The molecule has 1 fully saturated rings. The van der Waals surface area contributed by atoms with Crippen LogP contribution >= 0.6 is 0 Å². The molecule has 2 aromatic rings. The molecule has 0 unspecified atom stereocenters. The number of nitrogens with one attached hydrogen (secondary N) is 8. The zero-order valence-corrected chi connectivity index (χ0v) is 40.6. The molecule has 0 radical (unpaired) electrons. The fraction of sp³-hybridized carbons (Fsp3) is 0.609. The van der Waals surface area contributed by atoms with Gasteiger partial charge in [0.25, 0.3) is 0 Å². The van der Waals surface area contributed by atoms with Gasteiger partial charge in [0.05, 0.1) is 12.9 Å². The van der Waals surface area contributed by atoms with Crippen LogP contribution in [-0.2, 0) is 51.2 Å². The van der Waals surface area contributed by atoms with E-state index in [2.05, 4.69) is 52.2 Å². The average molecular weight is 970 g/mol. The predicted molar refractivity (Wildman–Crippen MR) is 254 cm³/mol. The van der Waals surface area contributed by atoms with Crippen molar-refractivity contribution in [2.45, 2.75) is 135 Å². The Morgan fingerprint density at radius 1 is 0.812 bits per heavy atom. The first-order valence-corrected chi connectivity index (χ1v) is 23.5. The maximum atomic E-state index is 14.5. The number of aromatic nitrogens is 2. The molecule has 0 aliphatic carbocycles. The molecule has 0 bridgehead atoms. The number of amides is 7. The van der Waals surface area contributed by atoms with Gasteiger partial charge in [-0.15, -0.1) is 0 Å². The molecular weight excluding hydrogens is 898 g/mol. The van der Waals surface area contributed by atoms with Gasteiger partial charge in [0.1, 0.15) is 48.1 Å². The van der Waals surface area contributed by atoms with Crippen LogP contribution in [-0.4, -0.2) is 142 Å². The normalized spacial score (nSPS) is 16.9. The van der Waals surface area contributed by atoms with Gasteiger partial charge in [-0.05, 0) is 68.2 Å². The zero-order valence-electron chi connectivity index (χ0n) is 40.6. The Morgan fingerprint density at radius 2 is 1.42 bits per heavy atom. The number of carbonyl (C=O) groups excluding carboxylic acids is 7. The highest BCUT2D eigenvalue weighted by Crippen LogP contribution is 2.21. The van der Waals surface area contributed by atoms with Gasteiger partial charge in [-0.1, -0.05) is 66.5 Å². The number of benzene rings is 1. The van der Waals surface area contributed by atoms with E-state index in [1.807, 2.05) is 0 Å². The third-order valence-corrected chi connectivity index (χ3v) is 12.2. The maximum absolute atomic E-state index is 14.5. The molecule has 1 aromatic heterocycles. The molecule has 0 spiro atoms. The van der Waals surface area contributed by atoms with Gasteiger partial charge in [0.15, 0.2) is 5.96 Å². The number of guanidine groups is 1. The average Bonchev–Trinajstić information content (AvgIpc) is 4.02. The quantitative estimate of drug-likeness (QED) is 0.0287. The minimum atomic E-state index is -1.39. The summed E-state index contributed by atoms with van der Waals surface area (Å²) in [5.41, 5.74) is 11.8. The van der Waals surface area contributed by atoms with Gasteiger partial charge in [-0.3, -0.25) is 38.6 Å². The summed E-state index contributed by atoms with van der Waals surface area (Å²) in [6.45, 7) is 10.6. The Kier molecular flexibility index (Phi) is 23.0. The number of aliphatic carboxylic acids is 1. The smallest absolute Gasteiger partial charge is 0.326 e. The summed E-state index contributed by atoms with van der Waals surface area (Å²) in [5.74, 6) is -8.06. The standard InChI is InChI=1S/C46H72FN13O9/c1-8-26(5)37(43(66)56-33(21-30-22-51-24-53-30)44(67)60-19-11-13-34(60)41(64)59-38(45(68)69)27(6)9-2)58-40(63)32(20-28-14-16-29(47)17-15-28)55-42(65)36(25(3)4)57-39(62)31(54-35(61)23-50-7)12-10-18-52-46(48)49/h14-17,22,24-27,31-34,36-38,50H,8-13,18-21,23H2,1-7H3,(H,51,53)(H,54,61)(H,55,65)(H,56,66)(H,57,62)(H,58,63)(H,59,64)(H,68,69)(H4,48,49,52)/t26-,27-,31-,32-,33-,34-,36-,37-,38-/m0/s1. The second kappa shape index (κ2) is 28.0. The number of hydrogen-bond acceptors (Lipinski definition) is 11. The largest absolute Gasteiger partial charge is 0.480 e. The number of carbonyl (C=O) groups is 8. The third-order valence-electron chi connectivity index (χ3n) is 12.2. The van der Waals surface area contributed by atoms with Crippen LogP contribution in [0.3, 0.4) is 0 Å². The number of imidazole rings is 1. The van der Waals surface area contributed by atoms with Crippen molar-refractivity contribution in [1.29, 1.82) is 0 Å². The molecule has 69 heavy (non-hydrogen) atoms. The summed E-state index contributed by atoms with van der Waals surface area (Å²) in [4.78, 5) is 122. The highest BCUT2D eigenvalue weighted by molar-refractivity contribution is 5.98. The van der Waals surface area contributed by atoms with Crippen molar-refractivity contribution in [3.8, 4) is 0 Å². The number of halogens is 1. The van der Waals surface area contributed by atoms with Crippen LogP contribution < -0.4 is 48.7 Å². The maximum Gasteiger partial charge on any atom is 0.326 e. The van der Waals surface area contributed by atoms with Crippen molar-refractivity contribution in [2.24, 2.45) is 34.2 Å². The number of rotatable bonds is 28. The Labute approximate surface area is 402 Å². The van der Waals surface area contributed by atoms with E-state index in [1.165, 1.54) is 41.7 Å². The molecule has 0 saturated carbocycles. The van der Waals surface area contributed by atoms with Gasteiger partial charge in [-0.25, -0.2) is 14.2 Å². The number of aromatic amines is 1. The lowest BCUT2D eigenvalue weighted by molar-refractivity contribution is -0.146. The lowest BCUT2D eigenvalue weighted by Crippen LogP contribution is -2.62. The van der Waals surface area contributed by atoms with Crippen molar-refractivity contribution in [3.63, 3.8) is 0 Å².